The maximum atomic E-state index is 13.1. The quantitative estimate of drug-likeness (QED) is 0.517. The van der Waals surface area contributed by atoms with Crippen molar-refractivity contribution in [1.82, 2.24) is 4.31 Å². The van der Waals surface area contributed by atoms with Gasteiger partial charge in [-0.1, -0.05) is 44.2 Å². The number of hydrogen-bond donors (Lipinski definition) is 2. The van der Waals surface area contributed by atoms with E-state index in [1.807, 2.05) is 44.2 Å². The lowest BCUT2D eigenvalue weighted by Crippen LogP contribution is -2.47. The molecule has 0 fully saturated rings. The molecule has 0 radical (unpaired) electrons. The molecule has 0 spiro atoms. The maximum absolute atomic E-state index is 13.1. The van der Waals surface area contributed by atoms with Crippen LogP contribution in [0.25, 0.3) is 0 Å². The van der Waals surface area contributed by atoms with Crippen LogP contribution in [0, 0.1) is 9.49 Å². The van der Waals surface area contributed by atoms with E-state index < -0.39 is 22.2 Å². The Bertz CT molecular complexity index is 811. The normalized spacial score (nSPS) is 14.5. The van der Waals surface area contributed by atoms with Crippen LogP contribution in [0.15, 0.2) is 59.5 Å². The molecule has 0 saturated carbocycles. The smallest absolute Gasteiger partial charge is 0.243 e. The zero-order chi connectivity index (χ0) is 20.0. The van der Waals surface area contributed by atoms with Crippen molar-refractivity contribution in [2.45, 2.75) is 37.3 Å². The second-order valence-corrected chi connectivity index (χ2v) is 10.3. The van der Waals surface area contributed by atoms with Crippen molar-refractivity contribution in [2.24, 2.45) is 11.7 Å². The zero-order valence-corrected chi connectivity index (χ0v) is 18.6. The molecule has 0 aliphatic carbocycles. The van der Waals surface area contributed by atoms with Crippen LogP contribution >= 0.6 is 22.6 Å². The molecule has 0 aromatic heterocycles. The molecule has 3 N–H and O–H groups in total. The summed E-state index contributed by atoms with van der Waals surface area (Å²) in [7, 11) is -3.70. The number of rotatable bonds is 9. The van der Waals surface area contributed by atoms with E-state index in [2.05, 4.69) is 22.6 Å². The van der Waals surface area contributed by atoms with Gasteiger partial charge < -0.3 is 10.8 Å². The fourth-order valence-electron chi connectivity index (χ4n) is 2.80. The Balaban J connectivity index is 2.16. The molecule has 2 atom stereocenters. The SMILES string of the molecule is CC(C)CN(C[C@@H](O)[C@@H](N)Cc1ccccc1)S(=O)(=O)c1ccc(I)cc1. The standard InChI is InChI=1S/C20H27IN2O3S/c1-15(2)13-23(27(25,26)18-10-8-17(21)9-11-18)14-20(24)19(22)12-16-6-4-3-5-7-16/h3-11,15,19-20,24H,12-14,22H2,1-2H3/t19-,20+/m0/s1. The zero-order valence-electron chi connectivity index (χ0n) is 15.6. The van der Waals surface area contributed by atoms with E-state index in [4.69, 9.17) is 5.73 Å². The molecule has 2 rings (SSSR count). The Labute approximate surface area is 175 Å². The molecule has 2 aromatic carbocycles. The average molecular weight is 502 g/mol. The van der Waals surface area contributed by atoms with Crippen molar-refractivity contribution < 1.29 is 13.5 Å². The van der Waals surface area contributed by atoms with Crippen molar-refractivity contribution in [1.29, 1.82) is 0 Å². The van der Waals surface area contributed by atoms with Gasteiger partial charge in [-0.2, -0.15) is 4.31 Å². The first-order chi connectivity index (χ1) is 12.7. The molecule has 0 aliphatic heterocycles. The van der Waals surface area contributed by atoms with E-state index in [1.165, 1.54) is 4.31 Å². The Morgan fingerprint density at radius 3 is 2.19 bits per heavy atom. The number of nitrogens with zero attached hydrogens (tertiary/aromatic N) is 1. The van der Waals surface area contributed by atoms with Crippen LogP contribution in [0.2, 0.25) is 0 Å². The molecule has 27 heavy (non-hydrogen) atoms. The molecule has 5 nitrogen and oxygen atoms in total. The molecular formula is C20H27IN2O3S. The summed E-state index contributed by atoms with van der Waals surface area (Å²) in [6.07, 6.45) is -0.469. The number of nitrogens with two attached hydrogens (primary N) is 1. The van der Waals surface area contributed by atoms with Crippen LogP contribution in [0.5, 0.6) is 0 Å². The lowest BCUT2D eigenvalue weighted by Gasteiger charge is -2.28. The lowest BCUT2D eigenvalue weighted by atomic mass is 10.0. The van der Waals surface area contributed by atoms with Crippen LogP contribution in [0.3, 0.4) is 0 Å². The molecule has 0 heterocycles. The average Bonchev–Trinajstić information content (AvgIpc) is 2.62. The van der Waals surface area contributed by atoms with E-state index in [0.29, 0.717) is 13.0 Å². The first kappa shape index (κ1) is 22.3. The Kier molecular flexibility index (Phi) is 8.23. The highest BCUT2D eigenvalue weighted by atomic mass is 127. The van der Waals surface area contributed by atoms with Gasteiger partial charge in [-0.05, 0) is 64.8 Å². The molecule has 0 bridgehead atoms. The summed E-state index contributed by atoms with van der Waals surface area (Å²) in [4.78, 5) is 0.229. The van der Waals surface area contributed by atoms with E-state index in [9.17, 15) is 13.5 Å². The predicted molar refractivity (Wildman–Crippen MR) is 117 cm³/mol. The third-order valence-corrected chi connectivity index (χ3v) is 6.78. The summed E-state index contributed by atoms with van der Waals surface area (Å²) < 4.78 is 28.4. The van der Waals surface area contributed by atoms with Crippen molar-refractivity contribution in [2.75, 3.05) is 13.1 Å². The van der Waals surface area contributed by atoms with Gasteiger partial charge in [-0.25, -0.2) is 8.42 Å². The third kappa shape index (κ3) is 6.53. The summed E-state index contributed by atoms with van der Waals surface area (Å²) in [6, 6.07) is 15.8. The van der Waals surface area contributed by atoms with Crippen LogP contribution in [-0.2, 0) is 16.4 Å². The summed E-state index contributed by atoms with van der Waals surface area (Å²) in [5.41, 5.74) is 7.17. The third-order valence-electron chi connectivity index (χ3n) is 4.22. The highest BCUT2D eigenvalue weighted by molar-refractivity contribution is 14.1. The molecule has 0 unspecified atom stereocenters. The molecule has 0 saturated heterocycles. The number of sulfonamides is 1. The summed E-state index contributed by atoms with van der Waals surface area (Å²) in [5.74, 6) is 0.126. The van der Waals surface area contributed by atoms with Crippen molar-refractivity contribution >= 4 is 32.6 Å². The summed E-state index contributed by atoms with van der Waals surface area (Å²) in [6.45, 7) is 4.20. The van der Waals surface area contributed by atoms with E-state index in [1.54, 1.807) is 24.3 Å². The first-order valence-electron chi connectivity index (χ1n) is 8.93. The van der Waals surface area contributed by atoms with Gasteiger partial charge in [-0.3, -0.25) is 0 Å². The molecule has 7 heteroatoms. The highest BCUT2D eigenvalue weighted by Gasteiger charge is 2.29. The second kappa shape index (κ2) is 9.97. The van der Waals surface area contributed by atoms with E-state index >= 15 is 0 Å². The van der Waals surface area contributed by atoms with E-state index in [0.717, 1.165) is 9.13 Å². The van der Waals surface area contributed by atoms with Gasteiger partial charge in [-0.15, -0.1) is 0 Å². The highest BCUT2D eigenvalue weighted by Crippen LogP contribution is 2.20. The topological polar surface area (TPSA) is 83.6 Å². The molecular weight excluding hydrogens is 475 g/mol. The predicted octanol–water partition coefficient (Wildman–Crippen LogP) is 2.87. The number of halogens is 1. The number of benzene rings is 2. The molecule has 0 amide bonds. The van der Waals surface area contributed by atoms with E-state index in [-0.39, 0.29) is 17.4 Å². The van der Waals surface area contributed by atoms with Crippen LogP contribution < -0.4 is 5.73 Å². The first-order valence-corrected chi connectivity index (χ1v) is 11.5. The number of aliphatic hydroxyl groups is 1. The van der Waals surface area contributed by atoms with Crippen molar-refractivity contribution in [3.05, 3.63) is 63.7 Å². The second-order valence-electron chi connectivity index (χ2n) is 7.09. The lowest BCUT2D eigenvalue weighted by molar-refractivity contribution is 0.116. The van der Waals surface area contributed by atoms with Gasteiger partial charge in [0.2, 0.25) is 10.0 Å². The van der Waals surface area contributed by atoms with Gasteiger partial charge >= 0.3 is 0 Å². The van der Waals surface area contributed by atoms with Crippen molar-refractivity contribution in [3.8, 4) is 0 Å². The summed E-state index contributed by atoms with van der Waals surface area (Å²) >= 11 is 2.14. The molecule has 148 valence electrons. The van der Waals surface area contributed by atoms with Gasteiger partial charge in [0.05, 0.1) is 11.0 Å². The van der Waals surface area contributed by atoms with Crippen molar-refractivity contribution in [3.63, 3.8) is 0 Å². The van der Waals surface area contributed by atoms with Crippen LogP contribution in [0.4, 0.5) is 0 Å². The fraction of sp³-hybridized carbons (Fsp3) is 0.400. The van der Waals surface area contributed by atoms with Gasteiger partial charge in [0.1, 0.15) is 0 Å². The van der Waals surface area contributed by atoms with Gasteiger partial charge in [0.25, 0.3) is 0 Å². The largest absolute Gasteiger partial charge is 0.390 e. The Morgan fingerprint density at radius 1 is 1.04 bits per heavy atom. The minimum atomic E-state index is -3.70. The van der Waals surface area contributed by atoms with Crippen LogP contribution in [0.1, 0.15) is 19.4 Å². The monoisotopic (exact) mass is 502 g/mol. The van der Waals surface area contributed by atoms with Crippen LogP contribution in [-0.4, -0.2) is 43.1 Å². The molecule has 0 aliphatic rings. The minimum Gasteiger partial charge on any atom is -0.390 e. The van der Waals surface area contributed by atoms with Gasteiger partial charge in [0.15, 0.2) is 0 Å². The maximum Gasteiger partial charge on any atom is 0.243 e. The summed E-state index contributed by atoms with van der Waals surface area (Å²) in [5, 5.41) is 10.6. The fourth-order valence-corrected chi connectivity index (χ4v) is 4.78. The minimum absolute atomic E-state index is 0.0273. The molecule has 2 aromatic rings. The number of hydrogen-bond acceptors (Lipinski definition) is 4. The Morgan fingerprint density at radius 2 is 1.63 bits per heavy atom. The Hall–Kier alpha value is -1.000. The van der Waals surface area contributed by atoms with Gasteiger partial charge in [0, 0.05) is 22.7 Å². The number of aliphatic hydroxyl groups excluding tert-OH is 1.